The average Bonchev–Trinajstić information content (AvgIpc) is 3.47. The van der Waals surface area contributed by atoms with Crippen LogP contribution in [0.4, 0.5) is 11.4 Å². The van der Waals surface area contributed by atoms with Crippen molar-refractivity contribution in [1.29, 1.82) is 0 Å². The molecule has 0 aliphatic carbocycles. The van der Waals surface area contributed by atoms with Gasteiger partial charge in [0.05, 0.1) is 11.3 Å². The molecule has 0 aromatic heterocycles. The lowest BCUT2D eigenvalue weighted by Crippen LogP contribution is -2.50. The van der Waals surface area contributed by atoms with Gasteiger partial charge in [-0.2, -0.15) is 0 Å². The van der Waals surface area contributed by atoms with Crippen molar-refractivity contribution < 1.29 is 28.7 Å². The Labute approximate surface area is 213 Å². The molecule has 3 aromatic rings. The van der Waals surface area contributed by atoms with Crippen LogP contribution in [0.2, 0.25) is 0 Å². The van der Waals surface area contributed by atoms with Gasteiger partial charge in [0.1, 0.15) is 12.6 Å². The third-order valence-corrected chi connectivity index (χ3v) is 6.39. The first-order chi connectivity index (χ1) is 18.0. The second-order valence-corrected chi connectivity index (χ2v) is 8.73. The maximum absolute atomic E-state index is 13.7. The van der Waals surface area contributed by atoms with Gasteiger partial charge in [-0.15, -0.1) is 0 Å². The summed E-state index contributed by atoms with van der Waals surface area (Å²) in [4.78, 5) is 54.9. The van der Waals surface area contributed by atoms with E-state index in [0.29, 0.717) is 29.3 Å². The van der Waals surface area contributed by atoms with E-state index in [-0.39, 0.29) is 31.4 Å². The van der Waals surface area contributed by atoms with Crippen molar-refractivity contribution in [3.8, 4) is 11.5 Å². The number of carbonyl (C=O) groups excluding carboxylic acids is 4. The third kappa shape index (κ3) is 4.75. The molecule has 1 N–H and O–H groups in total. The first kappa shape index (κ1) is 24.1. The van der Waals surface area contributed by atoms with Crippen molar-refractivity contribution in [3.05, 3.63) is 83.9 Å². The highest BCUT2D eigenvalue weighted by Crippen LogP contribution is 2.34. The lowest BCUT2D eigenvalue weighted by atomic mass is 10.1. The van der Waals surface area contributed by atoms with Crippen LogP contribution in [0.25, 0.3) is 0 Å². The number of fused-ring (bicyclic) bond motifs is 2. The van der Waals surface area contributed by atoms with Crippen LogP contribution >= 0.6 is 0 Å². The number of rotatable bonds is 8. The van der Waals surface area contributed by atoms with Crippen LogP contribution in [0, 0.1) is 0 Å². The summed E-state index contributed by atoms with van der Waals surface area (Å²) >= 11 is 0. The SMILES string of the molecule is CCC(C(=O)Nc1ccc2c(c1)OCO2)N(Cc1ccccc1)C(=O)CN1C(=O)C(=O)c2ccccc21. The minimum absolute atomic E-state index is 0.116. The van der Waals surface area contributed by atoms with E-state index < -0.39 is 23.6 Å². The molecule has 2 aliphatic rings. The number of nitrogens with one attached hydrogen (secondary N) is 1. The zero-order chi connectivity index (χ0) is 25.9. The van der Waals surface area contributed by atoms with Crippen LogP contribution < -0.4 is 19.7 Å². The van der Waals surface area contributed by atoms with E-state index in [2.05, 4.69) is 5.32 Å². The van der Waals surface area contributed by atoms with E-state index in [4.69, 9.17) is 9.47 Å². The van der Waals surface area contributed by atoms with Crippen molar-refractivity contribution in [2.24, 2.45) is 0 Å². The van der Waals surface area contributed by atoms with Crippen molar-refractivity contribution in [2.45, 2.75) is 25.9 Å². The molecule has 3 amide bonds. The van der Waals surface area contributed by atoms with Crippen LogP contribution in [0.3, 0.4) is 0 Å². The molecule has 37 heavy (non-hydrogen) atoms. The van der Waals surface area contributed by atoms with Crippen molar-refractivity contribution in [3.63, 3.8) is 0 Å². The van der Waals surface area contributed by atoms with Gasteiger partial charge in [0, 0.05) is 18.3 Å². The molecule has 0 fully saturated rings. The number of nitrogens with zero attached hydrogens (tertiary/aromatic N) is 2. The number of benzene rings is 3. The largest absolute Gasteiger partial charge is 0.454 e. The fourth-order valence-corrected chi connectivity index (χ4v) is 4.53. The summed E-state index contributed by atoms with van der Waals surface area (Å²) in [5.41, 5.74) is 1.99. The molecule has 1 unspecified atom stereocenters. The summed E-state index contributed by atoms with van der Waals surface area (Å²) in [6.07, 6.45) is 0.332. The Morgan fingerprint density at radius 2 is 1.70 bits per heavy atom. The van der Waals surface area contributed by atoms with Crippen LogP contribution in [-0.2, 0) is 20.9 Å². The van der Waals surface area contributed by atoms with E-state index in [1.54, 1.807) is 42.5 Å². The summed E-state index contributed by atoms with van der Waals surface area (Å²) in [5, 5.41) is 2.87. The summed E-state index contributed by atoms with van der Waals surface area (Å²) in [6.45, 7) is 1.73. The molecular formula is C28H25N3O6. The highest BCUT2D eigenvalue weighted by Gasteiger charge is 2.38. The highest BCUT2D eigenvalue weighted by molar-refractivity contribution is 6.52. The Morgan fingerprint density at radius 1 is 0.973 bits per heavy atom. The molecule has 2 heterocycles. The molecule has 188 valence electrons. The minimum Gasteiger partial charge on any atom is -0.454 e. The Bertz CT molecular complexity index is 1370. The Hall–Kier alpha value is -4.66. The Kier molecular flexibility index (Phi) is 6.59. The van der Waals surface area contributed by atoms with E-state index in [1.165, 1.54) is 9.80 Å². The van der Waals surface area contributed by atoms with Gasteiger partial charge < -0.3 is 19.7 Å². The van der Waals surface area contributed by atoms with Crippen LogP contribution in [-0.4, -0.2) is 47.8 Å². The maximum Gasteiger partial charge on any atom is 0.299 e. The van der Waals surface area contributed by atoms with Gasteiger partial charge in [-0.3, -0.25) is 24.1 Å². The number of hydrogen-bond acceptors (Lipinski definition) is 6. The summed E-state index contributed by atoms with van der Waals surface area (Å²) in [6, 6.07) is 20.1. The van der Waals surface area contributed by atoms with Gasteiger partial charge >= 0.3 is 0 Å². The number of Topliss-reactive ketones (excluding diaryl/α,β-unsaturated/α-hetero) is 1. The Balaban J connectivity index is 1.40. The van der Waals surface area contributed by atoms with Crippen LogP contribution in [0.15, 0.2) is 72.8 Å². The molecule has 0 radical (unpaired) electrons. The van der Waals surface area contributed by atoms with Gasteiger partial charge in [-0.05, 0) is 36.2 Å². The fourth-order valence-electron chi connectivity index (χ4n) is 4.53. The predicted octanol–water partition coefficient (Wildman–Crippen LogP) is 3.39. The topological polar surface area (TPSA) is 105 Å². The number of ether oxygens (including phenoxy) is 2. The third-order valence-electron chi connectivity index (χ3n) is 6.39. The number of anilines is 2. The number of amides is 3. The lowest BCUT2D eigenvalue weighted by molar-refractivity contribution is -0.138. The molecule has 0 saturated carbocycles. The maximum atomic E-state index is 13.7. The number of hydrogen-bond donors (Lipinski definition) is 1. The molecule has 2 aliphatic heterocycles. The number of para-hydroxylation sites is 1. The zero-order valence-electron chi connectivity index (χ0n) is 20.2. The van der Waals surface area contributed by atoms with E-state index >= 15 is 0 Å². The van der Waals surface area contributed by atoms with Crippen molar-refractivity contribution >= 4 is 34.9 Å². The summed E-state index contributed by atoms with van der Waals surface area (Å²) < 4.78 is 10.7. The molecule has 0 bridgehead atoms. The molecule has 3 aromatic carbocycles. The molecular weight excluding hydrogens is 474 g/mol. The standard InChI is InChI=1S/C28H25N3O6/c1-2-21(27(34)29-19-12-13-23-24(14-19)37-17-36-23)30(15-18-8-4-3-5-9-18)25(32)16-31-22-11-7-6-10-20(22)26(33)28(31)35/h3-14,21H,2,15-17H2,1H3,(H,29,34). The monoisotopic (exact) mass is 499 g/mol. The molecule has 9 nitrogen and oxygen atoms in total. The molecule has 5 rings (SSSR count). The zero-order valence-corrected chi connectivity index (χ0v) is 20.2. The normalized spacial score (nSPS) is 14.4. The molecule has 0 spiro atoms. The minimum atomic E-state index is -0.832. The van der Waals surface area contributed by atoms with Gasteiger partial charge in [0.15, 0.2) is 11.5 Å². The molecule has 0 saturated heterocycles. The quantitative estimate of drug-likeness (QED) is 0.477. The van der Waals surface area contributed by atoms with Crippen LogP contribution in [0.1, 0.15) is 29.3 Å². The predicted molar refractivity (Wildman–Crippen MR) is 135 cm³/mol. The van der Waals surface area contributed by atoms with Gasteiger partial charge in [0.25, 0.3) is 11.7 Å². The van der Waals surface area contributed by atoms with Crippen LogP contribution in [0.5, 0.6) is 11.5 Å². The summed E-state index contributed by atoms with van der Waals surface area (Å²) in [7, 11) is 0. The number of carbonyl (C=O) groups is 4. The molecule has 1 atom stereocenters. The lowest BCUT2D eigenvalue weighted by Gasteiger charge is -2.32. The fraction of sp³-hybridized carbons (Fsp3) is 0.214. The van der Waals surface area contributed by atoms with E-state index in [9.17, 15) is 19.2 Å². The van der Waals surface area contributed by atoms with Crippen molar-refractivity contribution in [1.82, 2.24) is 4.90 Å². The first-order valence-corrected chi connectivity index (χ1v) is 12.0. The average molecular weight is 500 g/mol. The van der Waals surface area contributed by atoms with Crippen molar-refractivity contribution in [2.75, 3.05) is 23.6 Å². The second kappa shape index (κ2) is 10.1. The second-order valence-electron chi connectivity index (χ2n) is 8.73. The first-order valence-electron chi connectivity index (χ1n) is 12.0. The smallest absolute Gasteiger partial charge is 0.299 e. The highest BCUT2D eigenvalue weighted by atomic mass is 16.7. The molecule has 9 heteroatoms. The summed E-state index contributed by atoms with van der Waals surface area (Å²) in [5.74, 6) is -1.11. The van der Waals surface area contributed by atoms with E-state index in [1.807, 2.05) is 37.3 Å². The van der Waals surface area contributed by atoms with E-state index in [0.717, 1.165) is 5.56 Å². The van der Waals surface area contributed by atoms with Gasteiger partial charge in [-0.25, -0.2) is 0 Å². The number of ketones is 1. The van der Waals surface area contributed by atoms with Gasteiger partial charge in [0.2, 0.25) is 18.6 Å². The Morgan fingerprint density at radius 3 is 2.49 bits per heavy atom. The van der Waals surface area contributed by atoms with Gasteiger partial charge in [-0.1, -0.05) is 49.4 Å².